The summed E-state index contributed by atoms with van der Waals surface area (Å²) >= 11 is 6.34. The number of halogens is 1. The number of nitrogens with zero attached hydrogens (tertiary/aromatic N) is 4. The molecule has 0 aliphatic carbocycles. The molecule has 0 atom stereocenters. The molecule has 1 aromatic carbocycles. The molecule has 2 N–H and O–H groups in total. The molecular formula is C19H19ClN6O. The number of likely N-dealkylation sites (N-methyl/N-ethyl adjacent to an activating group) is 1. The number of carbonyl (C=O) groups is 1. The van der Waals surface area contributed by atoms with E-state index < -0.39 is 0 Å². The van der Waals surface area contributed by atoms with Gasteiger partial charge >= 0.3 is 0 Å². The lowest BCUT2D eigenvalue weighted by atomic mass is 9.97. The van der Waals surface area contributed by atoms with Crippen molar-refractivity contribution < 1.29 is 4.79 Å². The molecule has 2 aromatic heterocycles. The maximum Gasteiger partial charge on any atom is 0.255 e. The van der Waals surface area contributed by atoms with E-state index in [-0.39, 0.29) is 5.91 Å². The third kappa shape index (κ3) is 3.33. The van der Waals surface area contributed by atoms with Gasteiger partial charge in [-0.1, -0.05) is 23.7 Å². The van der Waals surface area contributed by atoms with E-state index >= 15 is 0 Å². The smallest absolute Gasteiger partial charge is 0.255 e. The fourth-order valence-corrected chi connectivity index (χ4v) is 3.27. The van der Waals surface area contributed by atoms with Gasteiger partial charge < -0.3 is 15.5 Å². The van der Waals surface area contributed by atoms with Gasteiger partial charge in [0, 0.05) is 32.8 Å². The molecule has 0 fully saturated rings. The van der Waals surface area contributed by atoms with E-state index in [2.05, 4.69) is 20.7 Å². The highest BCUT2D eigenvalue weighted by atomic mass is 35.5. The lowest BCUT2D eigenvalue weighted by Crippen LogP contribution is -2.34. The van der Waals surface area contributed by atoms with Crippen LogP contribution in [0.2, 0.25) is 5.02 Å². The predicted molar refractivity (Wildman–Crippen MR) is 106 cm³/mol. The minimum atomic E-state index is 0.0118. The van der Waals surface area contributed by atoms with Crippen molar-refractivity contribution in [2.24, 2.45) is 7.05 Å². The van der Waals surface area contributed by atoms with E-state index in [1.165, 1.54) is 0 Å². The summed E-state index contributed by atoms with van der Waals surface area (Å²) < 4.78 is 1.71. The second kappa shape index (κ2) is 6.92. The van der Waals surface area contributed by atoms with Crippen molar-refractivity contribution in [2.75, 3.05) is 24.2 Å². The first-order valence-electron chi connectivity index (χ1n) is 8.58. The van der Waals surface area contributed by atoms with Crippen LogP contribution in [0.1, 0.15) is 15.9 Å². The number of carbonyl (C=O) groups excluding carboxylic acids is 1. The predicted octanol–water partition coefficient (Wildman–Crippen LogP) is 3.58. The molecule has 1 aliphatic rings. The SMILES string of the molecule is CN1CCc2cccc(Nc3cc(Nc4ccnn4C)ncc3Cl)c2C1=O. The summed E-state index contributed by atoms with van der Waals surface area (Å²) in [5.41, 5.74) is 3.15. The maximum atomic E-state index is 12.6. The molecule has 0 bridgehead atoms. The molecule has 0 saturated heterocycles. The van der Waals surface area contributed by atoms with Crippen LogP contribution in [0.15, 0.2) is 42.7 Å². The maximum absolute atomic E-state index is 12.6. The molecule has 1 aliphatic heterocycles. The Kier molecular flexibility index (Phi) is 4.45. The highest BCUT2D eigenvalue weighted by molar-refractivity contribution is 6.33. The van der Waals surface area contributed by atoms with E-state index in [4.69, 9.17) is 11.6 Å². The van der Waals surface area contributed by atoms with Crippen molar-refractivity contribution >= 4 is 40.5 Å². The highest BCUT2D eigenvalue weighted by Gasteiger charge is 2.24. The Morgan fingerprint density at radius 1 is 1.15 bits per heavy atom. The third-order valence-electron chi connectivity index (χ3n) is 4.63. The lowest BCUT2D eigenvalue weighted by molar-refractivity contribution is 0.0782. The second-order valence-corrected chi connectivity index (χ2v) is 6.86. The number of aromatic nitrogens is 3. The van der Waals surface area contributed by atoms with Crippen molar-refractivity contribution in [3.63, 3.8) is 0 Å². The van der Waals surface area contributed by atoms with Gasteiger partial charge in [0.1, 0.15) is 11.6 Å². The van der Waals surface area contributed by atoms with Gasteiger partial charge in [0.05, 0.1) is 34.4 Å². The molecule has 3 aromatic rings. The molecule has 1 amide bonds. The van der Waals surface area contributed by atoms with Gasteiger partial charge in [-0.2, -0.15) is 5.10 Å². The van der Waals surface area contributed by atoms with E-state index in [9.17, 15) is 4.79 Å². The third-order valence-corrected chi connectivity index (χ3v) is 4.93. The Morgan fingerprint density at radius 2 is 2.00 bits per heavy atom. The fraction of sp³-hybridized carbons (Fsp3) is 0.211. The Hall–Kier alpha value is -3.06. The van der Waals surface area contributed by atoms with Crippen LogP contribution in [-0.4, -0.2) is 39.2 Å². The summed E-state index contributed by atoms with van der Waals surface area (Å²) in [5, 5.41) is 11.1. The molecule has 3 heterocycles. The topological polar surface area (TPSA) is 75.1 Å². The quantitative estimate of drug-likeness (QED) is 0.721. The summed E-state index contributed by atoms with van der Waals surface area (Å²) in [7, 11) is 3.66. The van der Waals surface area contributed by atoms with Crippen LogP contribution in [0.5, 0.6) is 0 Å². The Morgan fingerprint density at radius 3 is 2.78 bits per heavy atom. The van der Waals surface area contributed by atoms with Crippen molar-refractivity contribution in [1.29, 1.82) is 0 Å². The summed E-state index contributed by atoms with van der Waals surface area (Å²) in [4.78, 5) is 18.7. The van der Waals surface area contributed by atoms with Crippen LogP contribution in [0.3, 0.4) is 0 Å². The van der Waals surface area contributed by atoms with Crippen LogP contribution in [0.25, 0.3) is 0 Å². The van der Waals surface area contributed by atoms with E-state index in [1.807, 2.05) is 44.4 Å². The van der Waals surface area contributed by atoms with Crippen molar-refractivity contribution in [2.45, 2.75) is 6.42 Å². The fourth-order valence-electron chi connectivity index (χ4n) is 3.12. The molecule has 7 nitrogen and oxygen atoms in total. The molecule has 4 rings (SSSR count). The average molecular weight is 383 g/mol. The van der Waals surface area contributed by atoms with Crippen LogP contribution in [0, 0.1) is 0 Å². The number of hydrogen-bond acceptors (Lipinski definition) is 5. The number of fused-ring (bicyclic) bond motifs is 1. The van der Waals surface area contributed by atoms with Gasteiger partial charge in [-0.3, -0.25) is 9.48 Å². The van der Waals surface area contributed by atoms with Gasteiger partial charge in [0.25, 0.3) is 5.91 Å². The number of pyridine rings is 1. The number of benzene rings is 1. The minimum Gasteiger partial charge on any atom is -0.353 e. The number of anilines is 4. The van der Waals surface area contributed by atoms with Crippen molar-refractivity contribution in [3.8, 4) is 0 Å². The number of aryl methyl sites for hydroxylation is 1. The minimum absolute atomic E-state index is 0.0118. The highest BCUT2D eigenvalue weighted by Crippen LogP contribution is 2.32. The number of nitrogens with one attached hydrogen (secondary N) is 2. The van der Waals surface area contributed by atoms with Crippen molar-refractivity contribution in [3.05, 3.63) is 58.9 Å². The van der Waals surface area contributed by atoms with Crippen LogP contribution in [-0.2, 0) is 13.5 Å². The Balaban J connectivity index is 1.67. The molecule has 27 heavy (non-hydrogen) atoms. The molecule has 0 radical (unpaired) electrons. The van der Waals surface area contributed by atoms with E-state index in [0.717, 1.165) is 30.0 Å². The Bertz CT molecular complexity index is 1020. The zero-order valence-electron chi connectivity index (χ0n) is 15.0. The molecular weight excluding hydrogens is 364 g/mol. The van der Waals surface area contributed by atoms with Gasteiger partial charge in [-0.15, -0.1) is 0 Å². The summed E-state index contributed by atoms with van der Waals surface area (Å²) in [5.74, 6) is 1.45. The van der Waals surface area contributed by atoms with Gasteiger partial charge in [0.15, 0.2) is 0 Å². The summed E-state index contributed by atoms with van der Waals surface area (Å²) in [6.07, 6.45) is 4.12. The van der Waals surface area contributed by atoms with Gasteiger partial charge in [-0.05, 0) is 18.1 Å². The first-order valence-corrected chi connectivity index (χ1v) is 8.95. The molecule has 0 saturated carbocycles. The van der Waals surface area contributed by atoms with E-state index in [1.54, 1.807) is 22.0 Å². The summed E-state index contributed by atoms with van der Waals surface area (Å²) in [6, 6.07) is 9.50. The second-order valence-electron chi connectivity index (χ2n) is 6.46. The van der Waals surface area contributed by atoms with Crippen molar-refractivity contribution in [1.82, 2.24) is 19.7 Å². The van der Waals surface area contributed by atoms with Crippen LogP contribution in [0.4, 0.5) is 23.0 Å². The normalized spacial score (nSPS) is 13.4. The molecule has 138 valence electrons. The van der Waals surface area contributed by atoms with Gasteiger partial charge in [-0.25, -0.2) is 4.98 Å². The van der Waals surface area contributed by atoms with Gasteiger partial charge in [0.2, 0.25) is 0 Å². The number of amides is 1. The standard InChI is InChI=1S/C19H19ClN6O/c1-25-9-7-12-4-3-5-14(18(12)19(25)27)23-15-10-16(21-11-13(15)20)24-17-6-8-22-26(17)2/h3-6,8,10-11H,7,9H2,1-2H3,(H2,21,23,24). The zero-order valence-corrected chi connectivity index (χ0v) is 15.8. The zero-order chi connectivity index (χ0) is 19.0. The first-order chi connectivity index (χ1) is 13.0. The van der Waals surface area contributed by atoms with Crippen LogP contribution < -0.4 is 10.6 Å². The number of rotatable bonds is 4. The molecule has 0 spiro atoms. The lowest BCUT2D eigenvalue weighted by Gasteiger charge is -2.27. The van der Waals surface area contributed by atoms with E-state index in [0.29, 0.717) is 22.1 Å². The first kappa shape index (κ1) is 17.4. The summed E-state index contributed by atoms with van der Waals surface area (Å²) in [6.45, 7) is 0.726. The largest absolute Gasteiger partial charge is 0.353 e. The monoisotopic (exact) mass is 382 g/mol. The molecule has 0 unspecified atom stereocenters. The number of hydrogen-bond donors (Lipinski definition) is 2. The average Bonchev–Trinajstić information content (AvgIpc) is 3.06. The molecule has 8 heteroatoms. The van der Waals surface area contributed by atoms with Crippen LogP contribution >= 0.6 is 11.6 Å². The Labute approximate surface area is 162 Å².